The van der Waals surface area contributed by atoms with Crippen molar-refractivity contribution in [2.24, 2.45) is 0 Å². The van der Waals surface area contributed by atoms with E-state index in [-0.39, 0.29) is 24.5 Å². The molecule has 0 spiro atoms. The van der Waals surface area contributed by atoms with Crippen LogP contribution in [-0.4, -0.2) is 53.9 Å². The Balaban J connectivity index is 1.51. The third-order valence-corrected chi connectivity index (χ3v) is 9.13. The van der Waals surface area contributed by atoms with E-state index in [1.807, 2.05) is 36.4 Å². The van der Waals surface area contributed by atoms with Gasteiger partial charge in [-0.3, -0.25) is 0 Å². The molecule has 0 unspecified atom stereocenters. The number of hydrogen-bond acceptors (Lipinski definition) is 2. The summed E-state index contributed by atoms with van der Waals surface area (Å²) in [6.07, 6.45) is 2.90. The molecule has 5 nitrogen and oxygen atoms in total. The third-order valence-electron chi connectivity index (χ3n) is 6.03. The molecule has 1 N–H and O–H groups in total. The van der Waals surface area contributed by atoms with E-state index in [0.717, 1.165) is 30.1 Å². The Bertz CT molecular complexity index is 861. The minimum absolute atomic E-state index is 0.142. The Kier molecular flexibility index (Phi) is 6.75. The second kappa shape index (κ2) is 9.67. The summed E-state index contributed by atoms with van der Waals surface area (Å²) in [7, 11) is 0. The number of carbonyl (C=O) groups excluding carboxylic acids is 1. The van der Waals surface area contributed by atoms with Crippen LogP contribution in [-0.2, 0) is 17.9 Å². The number of unbranched alkanes of at least 4 members (excludes halogenated alkanes) is 1. The van der Waals surface area contributed by atoms with E-state index in [4.69, 9.17) is 5.11 Å². The summed E-state index contributed by atoms with van der Waals surface area (Å²) in [5.41, 5.74) is 2.33. The van der Waals surface area contributed by atoms with Crippen molar-refractivity contribution in [2.45, 2.75) is 61.0 Å². The van der Waals surface area contributed by atoms with Gasteiger partial charge in [0, 0.05) is 0 Å². The molecule has 0 bridgehead atoms. The topological polar surface area (TPSA) is 60.9 Å². The number of hydrogen-bond donors (Lipinski definition) is 1. The Labute approximate surface area is 184 Å². The van der Waals surface area contributed by atoms with Gasteiger partial charge in [-0.25, -0.2) is 0 Å². The van der Waals surface area contributed by atoms with Gasteiger partial charge in [0.1, 0.15) is 0 Å². The number of carboxylic acid groups (broad SMARTS) is 1. The van der Waals surface area contributed by atoms with E-state index in [2.05, 4.69) is 34.1 Å². The fraction of sp³-hybridized carbons (Fsp3) is 0.417. The Morgan fingerprint density at radius 3 is 2.13 bits per heavy atom. The zero-order valence-electron chi connectivity index (χ0n) is 17.0. The molecule has 2 fully saturated rings. The number of aliphatic carboxylic acids is 1. The average molecular weight is 471 g/mol. The Morgan fingerprint density at radius 1 is 0.933 bits per heavy atom. The Morgan fingerprint density at radius 2 is 1.53 bits per heavy atom. The number of carbonyl (C=O) groups is 2. The van der Waals surface area contributed by atoms with Crippen LogP contribution in [0.4, 0.5) is 4.79 Å². The normalized spacial score (nSPS) is 23.1. The summed E-state index contributed by atoms with van der Waals surface area (Å²) >= 11 is 0.475. The summed E-state index contributed by atoms with van der Waals surface area (Å²) in [5.74, 6) is -0.722. The molecule has 158 valence electrons. The van der Waals surface area contributed by atoms with Crippen LogP contribution >= 0.6 is 0 Å². The van der Waals surface area contributed by atoms with E-state index in [0.29, 0.717) is 32.9 Å². The molecule has 2 heterocycles. The predicted molar refractivity (Wildman–Crippen MR) is 117 cm³/mol. The minimum atomic E-state index is -0.722. The number of fused-ring (bicyclic) bond motifs is 1. The molecule has 2 aliphatic heterocycles. The first-order valence-electron chi connectivity index (χ1n) is 10.6. The maximum absolute atomic E-state index is 13.5. The summed E-state index contributed by atoms with van der Waals surface area (Å²) in [5, 5.41) is 10.0. The van der Waals surface area contributed by atoms with Crippen molar-refractivity contribution in [3.8, 4) is 0 Å². The van der Waals surface area contributed by atoms with Gasteiger partial charge in [-0.1, -0.05) is 0 Å². The van der Waals surface area contributed by atoms with Crippen molar-refractivity contribution in [3.63, 3.8) is 0 Å². The molecular weight excluding hydrogens is 443 g/mol. The van der Waals surface area contributed by atoms with Gasteiger partial charge in [-0.2, -0.15) is 0 Å². The van der Waals surface area contributed by atoms with Gasteiger partial charge in [-0.15, -0.1) is 0 Å². The molecule has 0 aromatic heterocycles. The van der Waals surface area contributed by atoms with Gasteiger partial charge in [0.05, 0.1) is 0 Å². The van der Waals surface area contributed by atoms with Crippen LogP contribution in [0.5, 0.6) is 0 Å². The molecule has 3 atom stereocenters. The van der Waals surface area contributed by atoms with Crippen molar-refractivity contribution in [1.82, 2.24) is 9.80 Å². The molecule has 4 rings (SSSR count). The molecule has 6 heteroatoms. The number of urea groups is 1. The first-order valence-corrected chi connectivity index (χ1v) is 12.8. The van der Waals surface area contributed by atoms with E-state index in [9.17, 15) is 9.59 Å². The van der Waals surface area contributed by atoms with Crippen molar-refractivity contribution in [1.29, 1.82) is 0 Å². The van der Waals surface area contributed by atoms with Crippen molar-refractivity contribution in [3.05, 3.63) is 71.8 Å². The predicted octanol–water partition coefficient (Wildman–Crippen LogP) is 4.43. The zero-order valence-corrected chi connectivity index (χ0v) is 18.7. The van der Waals surface area contributed by atoms with Crippen molar-refractivity contribution >= 4 is 27.0 Å². The van der Waals surface area contributed by atoms with Gasteiger partial charge >= 0.3 is 184 Å². The van der Waals surface area contributed by atoms with Crippen LogP contribution in [0.15, 0.2) is 60.7 Å². The first-order chi connectivity index (χ1) is 14.6. The molecule has 2 aliphatic rings. The Hall–Kier alpha value is -2.30. The van der Waals surface area contributed by atoms with Crippen LogP contribution < -0.4 is 0 Å². The molecule has 2 saturated heterocycles. The number of carboxylic acids is 1. The number of nitrogens with zero attached hydrogens (tertiary/aromatic N) is 2. The number of amides is 2. The molecule has 0 radical (unpaired) electrons. The van der Waals surface area contributed by atoms with Crippen LogP contribution in [0.1, 0.15) is 36.8 Å². The molecule has 2 amide bonds. The number of benzene rings is 2. The second-order valence-electron chi connectivity index (χ2n) is 8.08. The van der Waals surface area contributed by atoms with Gasteiger partial charge in [0.2, 0.25) is 0 Å². The maximum atomic E-state index is 13.5. The van der Waals surface area contributed by atoms with E-state index >= 15 is 0 Å². The summed E-state index contributed by atoms with van der Waals surface area (Å²) in [4.78, 5) is 29.0. The van der Waals surface area contributed by atoms with Crippen molar-refractivity contribution < 1.29 is 14.7 Å². The van der Waals surface area contributed by atoms with Gasteiger partial charge in [0.15, 0.2) is 0 Å². The van der Waals surface area contributed by atoms with Crippen molar-refractivity contribution in [2.75, 3.05) is 0 Å². The second-order valence-corrected chi connectivity index (χ2v) is 10.7. The van der Waals surface area contributed by atoms with Crippen LogP contribution in [0.3, 0.4) is 0 Å². The fourth-order valence-electron chi connectivity index (χ4n) is 4.58. The molecule has 2 aromatic carbocycles. The van der Waals surface area contributed by atoms with Crippen LogP contribution in [0, 0.1) is 0 Å². The summed E-state index contributed by atoms with van der Waals surface area (Å²) in [6, 6.07) is 21.1. The van der Waals surface area contributed by atoms with E-state index in [1.165, 1.54) is 5.56 Å². The van der Waals surface area contributed by atoms with Gasteiger partial charge in [0.25, 0.3) is 0 Å². The molecule has 30 heavy (non-hydrogen) atoms. The molecule has 2 aromatic rings. The first kappa shape index (κ1) is 21.0. The van der Waals surface area contributed by atoms with Gasteiger partial charge in [-0.05, 0) is 0 Å². The SMILES string of the molecule is O=C(O)CCCC[C@@H]1[Se]C[C@H]2[C@@H]1N(Cc1ccccc1)C(=O)N2Cc1ccccc1. The molecule has 0 saturated carbocycles. The number of rotatable bonds is 9. The van der Waals surface area contributed by atoms with Crippen LogP contribution in [0.2, 0.25) is 10.1 Å². The fourth-order valence-corrected chi connectivity index (χ4v) is 8.10. The zero-order chi connectivity index (χ0) is 20.9. The van der Waals surface area contributed by atoms with Crippen LogP contribution in [0.25, 0.3) is 0 Å². The van der Waals surface area contributed by atoms with E-state index < -0.39 is 5.97 Å². The third kappa shape index (κ3) is 4.71. The molecular formula is C24H28N2O3Se. The average Bonchev–Trinajstić information content (AvgIpc) is 3.27. The summed E-state index contributed by atoms with van der Waals surface area (Å²) in [6.45, 7) is 1.31. The van der Waals surface area contributed by atoms with Gasteiger partial charge < -0.3 is 0 Å². The summed E-state index contributed by atoms with van der Waals surface area (Å²) < 4.78 is 0. The molecule has 0 aliphatic carbocycles. The standard InChI is InChI=1S/C24H28N2O3Se/c27-22(28)14-8-7-13-21-23-20(17-30-21)25(15-18-9-3-1-4-10-18)24(29)26(23)16-19-11-5-2-6-12-19/h1-6,9-12,20-21,23H,7-8,13-17H2,(H,27,28)/t20-,21-,23-/m0/s1. The quantitative estimate of drug-likeness (QED) is 0.435. The monoisotopic (exact) mass is 472 g/mol. The van der Waals surface area contributed by atoms with E-state index in [1.54, 1.807) is 0 Å².